The average molecular weight is 292 g/mol. The first-order chi connectivity index (χ1) is 10.0. The fourth-order valence-electron chi connectivity index (χ4n) is 2.86. The van der Waals surface area contributed by atoms with Gasteiger partial charge in [0.1, 0.15) is 5.82 Å². The van der Waals surface area contributed by atoms with Crippen molar-refractivity contribution in [3.05, 3.63) is 22.9 Å². The molecule has 0 radical (unpaired) electrons. The van der Waals surface area contributed by atoms with Crippen LogP contribution in [-0.2, 0) is 4.74 Å². The fourth-order valence-corrected chi connectivity index (χ4v) is 2.86. The molecule has 0 amide bonds. The summed E-state index contributed by atoms with van der Waals surface area (Å²) in [5.41, 5.74) is 8.43. The van der Waals surface area contributed by atoms with Crippen LogP contribution in [0.15, 0.2) is 11.2 Å². The molecule has 21 heavy (non-hydrogen) atoms. The molecule has 1 aliphatic heterocycles. The highest BCUT2D eigenvalue weighted by atomic mass is 16.5. The van der Waals surface area contributed by atoms with Crippen molar-refractivity contribution < 1.29 is 9.94 Å². The number of anilines is 1. The Balaban J connectivity index is 2.28. The minimum Gasteiger partial charge on any atom is -0.409 e. The van der Waals surface area contributed by atoms with Crippen LogP contribution in [0.1, 0.15) is 29.7 Å². The summed E-state index contributed by atoms with van der Waals surface area (Å²) in [5.74, 6) is 1.47. The van der Waals surface area contributed by atoms with Gasteiger partial charge in [0.2, 0.25) is 0 Å². The van der Waals surface area contributed by atoms with Crippen molar-refractivity contribution >= 4 is 11.7 Å². The molecule has 1 aromatic rings. The standard InChI is InChI=1S/C15H24N4O2/c1-10-8-11(2)17-15(13(10)14(16)18-20)19(3)9-12-4-6-21-7-5-12/h8,12,20H,4-7,9H2,1-3H3,(H2,16,18). The van der Waals surface area contributed by atoms with E-state index in [2.05, 4.69) is 15.0 Å². The molecular formula is C15H24N4O2. The maximum absolute atomic E-state index is 9.01. The number of oxime groups is 1. The predicted molar refractivity (Wildman–Crippen MR) is 83.0 cm³/mol. The quantitative estimate of drug-likeness (QED) is 0.381. The summed E-state index contributed by atoms with van der Waals surface area (Å²) in [4.78, 5) is 6.69. The number of rotatable bonds is 4. The van der Waals surface area contributed by atoms with Crippen LogP contribution in [0.5, 0.6) is 0 Å². The van der Waals surface area contributed by atoms with Crippen LogP contribution in [0.25, 0.3) is 0 Å². The van der Waals surface area contributed by atoms with E-state index in [1.54, 1.807) is 0 Å². The van der Waals surface area contributed by atoms with Crippen molar-refractivity contribution in [3.63, 3.8) is 0 Å². The Hall–Kier alpha value is -1.82. The first kappa shape index (κ1) is 15.6. The third-order valence-corrected chi connectivity index (χ3v) is 3.92. The van der Waals surface area contributed by atoms with Crippen molar-refractivity contribution in [2.24, 2.45) is 16.8 Å². The van der Waals surface area contributed by atoms with Crippen LogP contribution in [0.2, 0.25) is 0 Å². The highest BCUT2D eigenvalue weighted by Gasteiger charge is 2.21. The molecule has 0 atom stereocenters. The van der Waals surface area contributed by atoms with Gasteiger partial charge in [0.05, 0.1) is 5.56 Å². The van der Waals surface area contributed by atoms with Crippen LogP contribution < -0.4 is 10.6 Å². The fraction of sp³-hybridized carbons (Fsp3) is 0.600. The van der Waals surface area contributed by atoms with Crippen molar-refractivity contribution in [1.82, 2.24) is 4.98 Å². The van der Waals surface area contributed by atoms with E-state index < -0.39 is 0 Å². The zero-order chi connectivity index (χ0) is 15.4. The van der Waals surface area contributed by atoms with Crippen LogP contribution >= 0.6 is 0 Å². The second-order valence-electron chi connectivity index (χ2n) is 5.70. The molecule has 6 heteroatoms. The zero-order valence-corrected chi connectivity index (χ0v) is 13.0. The van der Waals surface area contributed by atoms with Gasteiger partial charge in [0.25, 0.3) is 0 Å². The number of hydrogen-bond acceptors (Lipinski definition) is 5. The van der Waals surface area contributed by atoms with E-state index in [4.69, 9.17) is 15.7 Å². The van der Waals surface area contributed by atoms with E-state index in [0.717, 1.165) is 49.7 Å². The number of nitrogens with two attached hydrogens (primary N) is 1. The molecule has 1 fully saturated rings. The average Bonchev–Trinajstić information content (AvgIpc) is 2.46. The Kier molecular flexibility index (Phi) is 5.01. The van der Waals surface area contributed by atoms with Crippen LogP contribution in [0.4, 0.5) is 5.82 Å². The van der Waals surface area contributed by atoms with Crippen molar-refractivity contribution in [3.8, 4) is 0 Å². The molecule has 2 heterocycles. The molecule has 1 saturated heterocycles. The maximum Gasteiger partial charge on any atom is 0.174 e. The normalized spacial score (nSPS) is 17.0. The van der Waals surface area contributed by atoms with Gasteiger partial charge in [-0.2, -0.15) is 0 Å². The zero-order valence-electron chi connectivity index (χ0n) is 13.0. The van der Waals surface area contributed by atoms with Gasteiger partial charge in [0, 0.05) is 32.5 Å². The Morgan fingerprint density at radius 1 is 1.48 bits per heavy atom. The summed E-state index contributed by atoms with van der Waals surface area (Å²) >= 11 is 0. The number of amidine groups is 1. The van der Waals surface area contributed by atoms with E-state index in [1.807, 2.05) is 27.0 Å². The largest absolute Gasteiger partial charge is 0.409 e. The molecule has 0 bridgehead atoms. The molecule has 0 unspecified atom stereocenters. The number of aryl methyl sites for hydroxylation is 2. The van der Waals surface area contributed by atoms with E-state index >= 15 is 0 Å². The summed E-state index contributed by atoms with van der Waals surface area (Å²) in [5, 5.41) is 12.2. The van der Waals surface area contributed by atoms with Gasteiger partial charge in [-0.15, -0.1) is 0 Å². The van der Waals surface area contributed by atoms with Crippen molar-refractivity contribution in [2.75, 3.05) is 31.7 Å². The lowest BCUT2D eigenvalue weighted by Gasteiger charge is -2.29. The van der Waals surface area contributed by atoms with Gasteiger partial charge in [-0.3, -0.25) is 0 Å². The summed E-state index contributed by atoms with van der Waals surface area (Å²) in [6.07, 6.45) is 2.13. The molecule has 0 saturated carbocycles. The third kappa shape index (κ3) is 3.64. The van der Waals surface area contributed by atoms with Gasteiger partial charge in [-0.05, 0) is 44.2 Å². The minimum atomic E-state index is 0.105. The monoisotopic (exact) mass is 292 g/mol. The molecular weight excluding hydrogens is 268 g/mol. The van der Waals surface area contributed by atoms with E-state index in [9.17, 15) is 0 Å². The Bertz CT molecular complexity index is 525. The third-order valence-electron chi connectivity index (χ3n) is 3.92. The van der Waals surface area contributed by atoms with Gasteiger partial charge in [-0.25, -0.2) is 4.98 Å². The molecule has 116 valence electrons. The Morgan fingerprint density at radius 2 is 2.14 bits per heavy atom. The summed E-state index contributed by atoms with van der Waals surface area (Å²) in [7, 11) is 2.00. The summed E-state index contributed by atoms with van der Waals surface area (Å²) in [6.45, 7) is 6.45. The summed E-state index contributed by atoms with van der Waals surface area (Å²) < 4.78 is 5.40. The molecule has 1 aliphatic rings. The van der Waals surface area contributed by atoms with Crippen molar-refractivity contribution in [1.29, 1.82) is 0 Å². The molecule has 0 aliphatic carbocycles. The van der Waals surface area contributed by atoms with E-state index in [0.29, 0.717) is 11.5 Å². The van der Waals surface area contributed by atoms with E-state index in [1.165, 1.54) is 0 Å². The smallest absolute Gasteiger partial charge is 0.174 e. The first-order valence-electron chi connectivity index (χ1n) is 7.28. The highest BCUT2D eigenvalue weighted by Crippen LogP contribution is 2.24. The van der Waals surface area contributed by atoms with Crippen LogP contribution in [0, 0.1) is 19.8 Å². The second kappa shape index (κ2) is 6.76. The van der Waals surface area contributed by atoms with Crippen molar-refractivity contribution in [2.45, 2.75) is 26.7 Å². The Labute approximate surface area is 125 Å². The van der Waals surface area contributed by atoms with Gasteiger partial charge >= 0.3 is 0 Å². The maximum atomic E-state index is 9.01. The van der Waals surface area contributed by atoms with E-state index in [-0.39, 0.29) is 5.84 Å². The first-order valence-corrected chi connectivity index (χ1v) is 7.28. The predicted octanol–water partition coefficient (Wildman–Crippen LogP) is 1.66. The topological polar surface area (TPSA) is 84.0 Å². The number of pyridine rings is 1. The Morgan fingerprint density at radius 3 is 2.76 bits per heavy atom. The second-order valence-corrected chi connectivity index (χ2v) is 5.70. The lowest BCUT2D eigenvalue weighted by atomic mass is 9.99. The number of ether oxygens (including phenoxy) is 1. The summed E-state index contributed by atoms with van der Waals surface area (Å²) in [6, 6.07) is 1.94. The number of aromatic nitrogens is 1. The molecule has 6 nitrogen and oxygen atoms in total. The highest BCUT2D eigenvalue weighted by molar-refractivity contribution is 6.02. The molecule has 0 aromatic carbocycles. The molecule has 3 N–H and O–H groups in total. The van der Waals surface area contributed by atoms with Gasteiger partial charge < -0.3 is 20.6 Å². The molecule has 0 spiro atoms. The minimum absolute atomic E-state index is 0.105. The van der Waals surface area contributed by atoms with Gasteiger partial charge in [-0.1, -0.05) is 5.16 Å². The van der Waals surface area contributed by atoms with Crippen LogP contribution in [-0.4, -0.2) is 42.8 Å². The van der Waals surface area contributed by atoms with Crippen LogP contribution in [0.3, 0.4) is 0 Å². The number of hydrogen-bond donors (Lipinski definition) is 2. The SMILES string of the molecule is Cc1cc(C)c(C(N)=NO)c(N(C)CC2CCOCC2)n1. The van der Waals surface area contributed by atoms with Gasteiger partial charge in [0.15, 0.2) is 5.84 Å². The lowest BCUT2D eigenvalue weighted by Crippen LogP contribution is -2.32. The number of nitrogens with zero attached hydrogens (tertiary/aromatic N) is 3. The molecule has 2 rings (SSSR count). The molecule has 1 aromatic heterocycles. The lowest BCUT2D eigenvalue weighted by molar-refractivity contribution is 0.0685.